The minimum Gasteiger partial charge on any atom is -0.395 e. The lowest BCUT2D eigenvalue weighted by Crippen LogP contribution is -2.27. The first-order chi connectivity index (χ1) is 9.52. The Bertz CT molecular complexity index is 634. The monoisotopic (exact) mass is 274 g/mol. The fourth-order valence-electron chi connectivity index (χ4n) is 1.92. The third-order valence-corrected chi connectivity index (χ3v) is 2.95. The van der Waals surface area contributed by atoms with E-state index in [2.05, 4.69) is 20.4 Å². The molecule has 2 aromatic heterocycles. The average Bonchev–Trinajstić information content (AvgIpc) is 2.72. The van der Waals surface area contributed by atoms with Gasteiger partial charge in [-0.3, -0.25) is 9.48 Å². The average molecular weight is 274 g/mol. The number of amides is 1. The molecule has 2 heterocycles. The van der Waals surface area contributed by atoms with E-state index in [1.807, 2.05) is 6.92 Å². The molecule has 0 saturated heterocycles. The fraction of sp³-hybridized carbons (Fsp3) is 0.385. The molecule has 3 N–H and O–H groups in total. The molecule has 0 radical (unpaired) electrons. The summed E-state index contributed by atoms with van der Waals surface area (Å²) >= 11 is 0. The van der Waals surface area contributed by atoms with Gasteiger partial charge < -0.3 is 11.1 Å². The lowest BCUT2D eigenvalue weighted by atomic mass is 10.3. The highest BCUT2D eigenvalue weighted by atomic mass is 16.2. The molecule has 0 aromatic carbocycles. The summed E-state index contributed by atoms with van der Waals surface area (Å²) in [4.78, 5) is 20.5. The van der Waals surface area contributed by atoms with Crippen molar-refractivity contribution in [2.75, 3.05) is 5.73 Å². The van der Waals surface area contributed by atoms with Crippen molar-refractivity contribution in [1.29, 1.82) is 0 Å². The van der Waals surface area contributed by atoms with Crippen LogP contribution in [-0.4, -0.2) is 25.7 Å². The summed E-state index contributed by atoms with van der Waals surface area (Å²) in [5.74, 6) is 0.423. The Hall–Kier alpha value is -2.44. The summed E-state index contributed by atoms with van der Waals surface area (Å²) in [6.45, 7) is 6.42. The molecular formula is C13H18N6O. The van der Waals surface area contributed by atoms with Crippen molar-refractivity contribution in [2.45, 2.75) is 33.9 Å². The van der Waals surface area contributed by atoms with Crippen LogP contribution in [0.25, 0.3) is 0 Å². The first-order valence-corrected chi connectivity index (χ1v) is 6.42. The second-order valence-electron chi connectivity index (χ2n) is 4.44. The number of nitrogens with one attached hydrogen (secondary N) is 1. The number of hydrogen-bond acceptors (Lipinski definition) is 5. The van der Waals surface area contributed by atoms with Gasteiger partial charge in [-0.2, -0.15) is 5.10 Å². The Kier molecular flexibility index (Phi) is 3.97. The Morgan fingerprint density at radius 1 is 1.45 bits per heavy atom. The molecule has 0 aliphatic rings. The van der Waals surface area contributed by atoms with E-state index >= 15 is 0 Å². The number of hydrogen-bond donors (Lipinski definition) is 2. The van der Waals surface area contributed by atoms with Gasteiger partial charge >= 0.3 is 0 Å². The maximum Gasteiger partial charge on any atom is 0.272 e. The van der Waals surface area contributed by atoms with Crippen molar-refractivity contribution in [1.82, 2.24) is 25.1 Å². The number of carbonyl (C=O) groups is 1. The SMILES string of the molecule is CCn1nc(C)c(N)c1C(=O)NCc1ccnc(C)n1. The van der Waals surface area contributed by atoms with Gasteiger partial charge in [0.2, 0.25) is 0 Å². The van der Waals surface area contributed by atoms with Crippen LogP contribution in [0.3, 0.4) is 0 Å². The van der Waals surface area contributed by atoms with Gasteiger partial charge in [-0.25, -0.2) is 9.97 Å². The molecular weight excluding hydrogens is 256 g/mol. The quantitative estimate of drug-likeness (QED) is 0.860. The van der Waals surface area contributed by atoms with Crippen molar-refractivity contribution in [3.8, 4) is 0 Å². The highest BCUT2D eigenvalue weighted by molar-refractivity contribution is 5.97. The van der Waals surface area contributed by atoms with Crippen LogP contribution in [0.5, 0.6) is 0 Å². The second-order valence-corrected chi connectivity index (χ2v) is 4.44. The van der Waals surface area contributed by atoms with Crippen LogP contribution in [0.4, 0.5) is 5.69 Å². The van der Waals surface area contributed by atoms with Crippen molar-refractivity contribution >= 4 is 11.6 Å². The number of rotatable bonds is 4. The molecule has 0 unspecified atom stereocenters. The van der Waals surface area contributed by atoms with Gasteiger partial charge in [0.05, 0.1) is 23.6 Å². The largest absolute Gasteiger partial charge is 0.395 e. The number of anilines is 1. The van der Waals surface area contributed by atoms with E-state index in [0.29, 0.717) is 36.0 Å². The van der Waals surface area contributed by atoms with Crippen LogP contribution < -0.4 is 11.1 Å². The van der Waals surface area contributed by atoms with Gasteiger partial charge in [0, 0.05) is 12.7 Å². The maximum atomic E-state index is 12.2. The highest BCUT2D eigenvalue weighted by Gasteiger charge is 2.18. The van der Waals surface area contributed by atoms with Crippen LogP contribution in [0.2, 0.25) is 0 Å². The summed E-state index contributed by atoms with van der Waals surface area (Å²) in [5, 5.41) is 7.03. The van der Waals surface area contributed by atoms with E-state index < -0.39 is 0 Å². The number of nitrogens with two attached hydrogens (primary N) is 1. The lowest BCUT2D eigenvalue weighted by molar-refractivity contribution is 0.0940. The molecule has 106 valence electrons. The van der Waals surface area contributed by atoms with Crippen molar-refractivity contribution in [2.24, 2.45) is 0 Å². The molecule has 0 aliphatic carbocycles. The number of aromatic nitrogens is 4. The molecule has 7 heteroatoms. The van der Waals surface area contributed by atoms with Gasteiger partial charge in [-0.15, -0.1) is 0 Å². The van der Waals surface area contributed by atoms with Gasteiger partial charge in [0.25, 0.3) is 5.91 Å². The Balaban J connectivity index is 2.13. The van der Waals surface area contributed by atoms with Crippen LogP contribution in [0, 0.1) is 13.8 Å². The summed E-state index contributed by atoms with van der Waals surface area (Å²) in [7, 11) is 0. The summed E-state index contributed by atoms with van der Waals surface area (Å²) in [5.41, 5.74) is 8.14. The molecule has 2 aromatic rings. The smallest absolute Gasteiger partial charge is 0.272 e. The molecule has 2 rings (SSSR count). The molecule has 0 saturated carbocycles. The molecule has 0 spiro atoms. The zero-order valence-corrected chi connectivity index (χ0v) is 11.8. The Labute approximate surface area is 117 Å². The number of nitrogens with zero attached hydrogens (tertiary/aromatic N) is 4. The van der Waals surface area contributed by atoms with Crippen molar-refractivity contribution in [3.63, 3.8) is 0 Å². The van der Waals surface area contributed by atoms with Crippen molar-refractivity contribution in [3.05, 3.63) is 35.2 Å². The highest BCUT2D eigenvalue weighted by Crippen LogP contribution is 2.16. The summed E-state index contributed by atoms with van der Waals surface area (Å²) < 4.78 is 1.60. The zero-order chi connectivity index (χ0) is 14.7. The fourth-order valence-corrected chi connectivity index (χ4v) is 1.92. The lowest BCUT2D eigenvalue weighted by Gasteiger charge is -2.07. The van der Waals surface area contributed by atoms with E-state index in [1.54, 1.807) is 30.8 Å². The van der Waals surface area contributed by atoms with Crippen LogP contribution in [-0.2, 0) is 13.1 Å². The standard InChI is InChI=1S/C13H18N6O/c1-4-19-12(11(14)8(2)18-19)13(20)16-7-10-5-6-15-9(3)17-10/h5-6H,4,7,14H2,1-3H3,(H,16,20). The third kappa shape index (κ3) is 2.76. The molecule has 0 atom stereocenters. The van der Waals surface area contributed by atoms with E-state index in [9.17, 15) is 4.79 Å². The number of carbonyl (C=O) groups excluding carboxylic acids is 1. The van der Waals surface area contributed by atoms with Gasteiger partial charge in [-0.1, -0.05) is 0 Å². The summed E-state index contributed by atoms with van der Waals surface area (Å²) in [6.07, 6.45) is 1.67. The molecule has 20 heavy (non-hydrogen) atoms. The topological polar surface area (TPSA) is 98.7 Å². The predicted octanol–water partition coefficient (Wildman–Crippen LogP) is 0.822. The van der Waals surface area contributed by atoms with Gasteiger partial charge in [-0.05, 0) is 26.8 Å². The van der Waals surface area contributed by atoms with Gasteiger partial charge in [0.1, 0.15) is 11.5 Å². The molecule has 1 amide bonds. The third-order valence-electron chi connectivity index (χ3n) is 2.95. The molecule has 0 bridgehead atoms. The minimum atomic E-state index is -0.249. The number of aryl methyl sites for hydroxylation is 3. The van der Waals surface area contributed by atoms with Crippen LogP contribution in [0.1, 0.15) is 34.6 Å². The first-order valence-electron chi connectivity index (χ1n) is 6.42. The minimum absolute atomic E-state index is 0.249. The normalized spacial score (nSPS) is 10.6. The Morgan fingerprint density at radius 2 is 2.20 bits per heavy atom. The Morgan fingerprint density at radius 3 is 2.85 bits per heavy atom. The zero-order valence-electron chi connectivity index (χ0n) is 11.8. The van der Waals surface area contributed by atoms with Crippen LogP contribution >= 0.6 is 0 Å². The van der Waals surface area contributed by atoms with E-state index in [-0.39, 0.29) is 5.91 Å². The maximum absolute atomic E-state index is 12.2. The second kappa shape index (κ2) is 5.68. The van der Waals surface area contributed by atoms with E-state index in [1.165, 1.54) is 0 Å². The molecule has 0 fully saturated rings. The summed E-state index contributed by atoms with van der Waals surface area (Å²) in [6, 6.07) is 1.76. The number of nitrogen functional groups attached to an aromatic ring is 1. The van der Waals surface area contributed by atoms with Crippen LogP contribution in [0.15, 0.2) is 12.3 Å². The molecule has 0 aliphatic heterocycles. The van der Waals surface area contributed by atoms with E-state index in [0.717, 1.165) is 5.69 Å². The molecule has 7 nitrogen and oxygen atoms in total. The first kappa shape index (κ1) is 14.0. The van der Waals surface area contributed by atoms with Crippen molar-refractivity contribution < 1.29 is 4.79 Å². The van der Waals surface area contributed by atoms with E-state index in [4.69, 9.17) is 5.73 Å². The predicted molar refractivity (Wildman–Crippen MR) is 75.0 cm³/mol. The van der Waals surface area contributed by atoms with Gasteiger partial charge in [0.15, 0.2) is 0 Å².